The van der Waals surface area contributed by atoms with Crippen molar-refractivity contribution < 1.29 is 13.2 Å². The molecule has 0 saturated carbocycles. The van der Waals surface area contributed by atoms with Crippen LogP contribution in [0.4, 0.5) is 13.2 Å². The van der Waals surface area contributed by atoms with E-state index in [1.165, 1.54) is 12.3 Å². The van der Waals surface area contributed by atoms with Crippen LogP contribution in [0.2, 0.25) is 5.02 Å². The van der Waals surface area contributed by atoms with Gasteiger partial charge >= 0.3 is 6.18 Å². The van der Waals surface area contributed by atoms with Gasteiger partial charge in [0.25, 0.3) is 0 Å². The van der Waals surface area contributed by atoms with E-state index in [1.807, 2.05) is 12.1 Å². The maximum Gasteiger partial charge on any atom is 0.393 e. The number of fused-ring (bicyclic) bond motifs is 1. The molecule has 1 N–H and O–H groups in total. The summed E-state index contributed by atoms with van der Waals surface area (Å²) >= 11 is 6.34. The average Bonchev–Trinajstić information content (AvgIpc) is 2.89. The Morgan fingerprint density at radius 2 is 1.92 bits per heavy atom. The molecule has 2 heterocycles. The topological polar surface area (TPSA) is 28.7 Å². The summed E-state index contributed by atoms with van der Waals surface area (Å²) in [6, 6.07) is 8.79. The van der Waals surface area contributed by atoms with Crippen molar-refractivity contribution in [1.29, 1.82) is 0 Å². The molecule has 0 aliphatic rings. The maximum atomic E-state index is 12.4. The fraction of sp³-hybridized carbons (Fsp3) is 0.278. The van der Waals surface area contributed by atoms with Crippen molar-refractivity contribution >= 4 is 22.5 Å². The lowest BCUT2D eigenvalue weighted by Crippen LogP contribution is -2.11. The Kier molecular flexibility index (Phi) is 4.30. The van der Waals surface area contributed by atoms with Crippen molar-refractivity contribution in [2.45, 2.75) is 32.4 Å². The molecule has 0 bridgehead atoms. The van der Waals surface area contributed by atoms with Crippen molar-refractivity contribution in [3.8, 4) is 11.3 Å². The number of benzene rings is 1. The minimum atomic E-state index is -4.24. The first-order valence-electron chi connectivity index (χ1n) is 7.57. The Balaban J connectivity index is 1.97. The number of aromatic amines is 1. The molecule has 0 fully saturated rings. The zero-order valence-electron chi connectivity index (χ0n) is 13.2. The molecule has 0 atom stereocenters. The third-order valence-corrected chi connectivity index (χ3v) is 4.17. The summed E-state index contributed by atoms with van der Waals surface area (Å²) in [5.41, 5.74) is 3.41. The second-order valence-corrected chi connectivity index (χ2v) is 6.55. The first-order valence-corrected chi connectivity index (χ1v) is 7.95. The van der Waals surface area contributed by atoms with Crippen molar-refractivity contribution in [2.75, 3.05) is 0 Å². The van der Waals surface area contributed by atoms with Gasteiger partial charge in [-0.1, -0.05) is 31.5 Å². The standard InChI is InChI=1S/C18H16ClF3N2/c1-10(2)16-6-12-5-14(19)13(7-17(12)24-16)15-4-3-11(9-23-15)8-18(20,21)22/h3-7,9-10,24H,8H2,1-2H3. The first-order chi connectivity index (χ1) is 11.2. The Morgan fingerprint density at radius 1 is 1.17 bits per heavy atom. The van der Waals surface area contributed by atoms with Gasteiger partial charge in [-0.2, -0.15) is 13.2 Å². The summed E-state index contributed by atoms with van der Waals surface area (Å²) in [6.07, 6.45) is -3.98. The lowest BCUT2D eigenvalue weighted by atomic mass is 10.1. The molecule has 0 aliphatic heterocycles. The molecule has 0 radical (unpaired) electrons. The van der Waals surface area contributed by atoms with Gasteiger partial charge in [0.05, 0.1) is 17.1 Å². The number of pyridine rings is 1. The van der Waals surface area contributed by atoms with E-state index < -0.39 is 12.6 Å². The zero-order valence-corrected chi connectivity index (χ0v) is 14.0. The monoisotopic (exact) mass is 352 g/mol. The van der Waals surface area contributed by atoms with Crippen LogP contribution in [0.25, 0.3) is 22.2 Å². The van der Waals surface area contributed by atoms with Crippen molar-refractivity contribution in [3.05, 3.63) is 52.8 Å². The highest BCUT2D eigenvalue weighted by molar-refractivity contribution is 6.34. The molecule has 0 amide bonds. The molecular weight excluding hydrogens is 337 g/mol. The van der Waals surface area contributed by atoms with Crippen LogP contribution in [0.5, 0.6) is 0 Å². The molecule has 3 rings (SSSR count). The van der Waals surface area contributed by atoms with Gasteiger partial charge in [-0.05, 0) is 35.7 Å². The van der Waals surface area contributed by atoms with Crippen LogP contribution in [-0.4, -0.2) is 16.1 Å². The number of nitrogens with zero attached hydrogens (tertiary/aromatic N) is 1. The Morgan fingerprint density at radius 3 is 2.50 bits per heavy atom. The fourth-order valence-electron chi connectivity index (χ4n) is 2.60. The maximum absolute atomic E-state index is 12.4. The summed E-state index contributed by atoms with van der Waals surface area (Å²) in [7, 11) is 0. The Labute approximate surface area is 142 Å². The molecule has 6 heteroatoms. The van der Waals surface area contributed by atoms with E-state index in [-0.39, 0.29) is 5.56 Å². The predicted molar refractivity (Wildman–Crippen MR) is 90.4 cm³/mol. The molecule has 24 heavy (non-hydrogen) atoms. The number of rotatable bonds is 3. The number of aromatic nitrogens is 2. The van der Waals surface area contributed by atoms with Crippen LogP contribution in [0.3, 0.4) is 0 Å². The predicted octanol–water partition coefficient (Wildman–Crippen LogP) is 6.11. The molecule has 2 nitrogen and oxygen atoms in total. The smallest absolute Gasteiger partial charge is 0.358 e. The van der Waals surface area contributed by atoms with E-state index in [9.17, 15) is 13.2 Å². The van der Waals surface area contributed by atoms with Gasteiger partial charge in [0.15, 0.2) is 0 Å². The molecule has 126 valence electrons. The number of alkyl halides is 3. The van der Waals surface area contributed by atoms with Crippen LogP contribution in [-0.2, 0) is 6.42 Å². The van der Waals surface area contributed by atoms with Gasteiger partial charge in [0, 0.05) is 28.4 Å². The highest BCUT2D eigenvalue weighted by Crippen LogP contribution is 2.33. The normalized spacial score (nSPS) is 12.3. The fourth-order valence-corrected chi connectivity index (χ4v) is 2.87. The third kappa shape index (κ3) is 3.56. The highest BCUT2D eigenvalue weighted by atomic mass is 35.5. The molecule has 3 aromatic rings. The van der Waals surface area contributed by atoms with Gasteiger partial charge in [-0.25, -0.2) is 0 Å². The first kappa shape index (κ1) is 16.8. The second-order valence-electron chi connectivity index (χ2n) is 6.14. The van der Waals surface area contributed by atoms with Crippen molar-refractivity contribution in [2.24, 2.45) is 0 Å². The van der Waals surface area contributed by atoms with E-state index in [1.54, 1.807) is 6.07 Å². The lowest BCUT2D eigenvalue weighted by Gasteiger charge is -2.08. The van der Waals surface area contributed by atoms with Crippen LogP contribution in [0.1, 0.15) is 31.0 Å². The quantitative estimate of drug-likeness (QED) is 0.605. The van der Waals surface area contributed by atoms with E-state index in [2.05, 4.69) is 29.9 Å². The number of halogens is 4. The Bertz CT molecular complexity index is 864. The minimum Gasteiger partial charge on any atom is -0.358 e. The molecule has 0 unspecified atom stereocenters. The minimum absolute atomic E-state index is 0.130. The highest BCUT2D eigenvalue weighted by Gasteiger charge is 2.27. The molecule has 1 aromatic carbocycles. The number of H-pyrrole nitrogens is 1. The molecule has 0 aliphatic carbocycles. The van der Waals surface area contributed by atoms with Crippen molar-refractivity contribution in [3.63, 3.8) is 0 Å². The summed E-state index contributed by atoms with van der Waals surface area (Å²) < 4.78 is 37.3. The summed E-state index contributed by atoms with van der Waals surface area (Å²) in [5.74, 6) is 0.361. The molecule has 2 aromatic heterocycles. The van der Waals surface area contributed by atoms with E-state index >= 15 is 0 Å². The SMILES string of the molecule is CC(C)c1cc2cc(Cl)c(-c3ccc(CC(F)(F)F)cn3)cc2[nH]1. The zero-order chi connectivity index (χ0) is 17.5. The summed E-state index contributed by atoms with van der Waals surface area (Å²) in [4.78, 5) is 7.48. The third-order valence-electron chi connectivity index (χ3n) is 3.86. The van der Waals surface area contributed by atoms with Gasteiger partial charge in [-0.3, -0.25) is 4.98 Å². The van der Waals surface area contributed by atoms with Gasteiger partial charge in [0.1, 0.15) is 0 Å². The van der Waals surface area contributed by atoms with Gasteiger partial charge in [0.2, 0.25) is 0 Å². The van der Waals surface area contributed by atoms with E-state index in [0.29, 0.717) is 22.2 Å². The van der Waals surface area contributed by atoms with Crippen LogP contribution < -0.4 is 0 Å². The van der Waals surface area contributed by atoms with E-state index in [4.69, 9.17) is 11.6 Å². The largest absolute Gasteiger partial charge is 0.393 e. The summed E-state index contributed by atoms with van der Waals surface area (Å²) in [6.45, 7) is 4.18. The van der Waals surface area contributed by atoms with Crippen LogP contribution in [0, 0.1) is 0 Å². The van der Waals surface area contributed by atoms with E-state index in [0.717, 1.165) is 16.6 Å². The molecular formula is C18H16ClF3N2. The van der Waals surface area contributed by atoms with Crippen LogP contribution >= 0.6 is 11.6 Å². The second kappa shape index (κ2) is 6.13. The van der Waals surface area contributed by atoms with Gasteiger partial charge < -0.3 is 4.98 Å². The summed E-state index contributed by atoms with van der Waals surface area (Å²) in [5, 5.41) is 1.52. The number of nitrogens with one attached hydrogen (secondary N) is 1. The average molecular weight is 353 g/mol. The number of hydrogen-bond acceptors (Lipinski definition) is 1. The van der Waals surface area contributed by atoms with Gasteiger partial charge in [-0.15, -0.1) is 0 Å². The number of hydrogen-bond donors (Lipinski definition) is 1. The Hall–Kier alpha value is -2.01. The van der Waals surface area contributed by atoms with Crippen molar-refractivity contribution in [1.82, 2.24) is 9.97 Å². The molecule has 0 saturated heterocycles. The molecule has 0 spiro atoms. The lowest BCUT2D eigenvalue weighted by molar-refractivity contribution is -0.127. The van der Waals surface area contributed by atoms with Crippen LogP contribution in [0.15, 0.2) is 36.5 Å².